The Labute approximate surface area is 139 Å². The first-order valence-corrected chi connectivity index (χ1v) is 7.23. The van der Waals surface area contributed by atoms with E-state index in [0.29, 0.717) is 11.6 Å². The quantitative estimate of drug-likeness (QED) is 0.278. The summed E-state index contributed by atoms with van der Waals surface area (Å²) in [5.41, 5.74) is 11.1. The highest BCUT2D eigenvalue weighted by Gasteiger charge is 2.21. The van der Waals surface area contributed by atoms with Crippen molar-refractivity contribution in [2.75, 3.05) is 6.26 Å². The molecule has 1 aliphatic rings. The van der Waals surface area contributed by atoms with Crippen molar-refractivity contribution in [2.45, 2.75) is 13.3 Å². The fourth-order valence-corrected chi connectivity index (χ4v) is 2.14. The summed E-state index contributed by atoms with van der Waals surface area (Å²) in [6.45, 7) is 2.00. The van der Waals surface area contributed by atoms with Crippen LogP contribution in [0.15, 0.2) is 29.4 Å². The molecule has 0 spiro atoms. The Morgan fingerprint density at radius 2 is 2.10 bits per heavy atom. The molecule has 4 N–H and O–H groups in total. The maximum Gasteiger partial charge on any atom is 0.306 e. The van der Waals surface area contributed by atoms with Crippen LogP contribution in [-0.2, 0) is 4.79 Å². The monoisotopic (exact) mass is 404 g/mol. The Morgan fingerprint density at radius 1 is 1.45 bits per heavy atom. The molecule has 0 radical (unpaired) electrons. The van der Waals surface area contributed by atoms with Crippen LogP contribution in [0, 0.1) is 5.92 Å². The van der Waals surface area contributed by atoms with Crippen LogP contribution in [0.1, 0.15) is 18.9 Å². The second-order valence-electron chi connectivity index (χ2n) is 4.41. The van der Waals surface area contributed by atoms with Gasteiger partial charge in [0.1, 0.15) is 5.69 Å². The highest BCUT2D eigenvalue weighted by molar-refractivity contribution is 8.12. The number of halogens is 1. The van der Waals surface area contributed by atoms with Crippen LogP contribution in [0.3, 0.4) is 0 Å². The highest BCUT2D eigenvalue weighted by atomic mass is 127. The van der Waals surface area contributed by atoms with Crippen LogP contribution in [0.2, 0.25) is 0 Å². The Hall–Kier alpha value is -1.09. The first-order valence-electron chi connectivity index (χ1n) is 6.00. The zero-order valence-corrected chi connectivity index (χ0v) is 14.3. The summed E-state index contributed by atoms with van der Waals surface area (Å²) in [5, 5.41) is 4.79. The lowest BCUT2D eigenvalue weighted by Gasteiger charge is -2.18. The van der Waals surface area contributed by atoms with Crippen molar-refractivity contribution in [3.05, 3.63) is 29.8 Å². The molecule has 1 aromatic carbocycles. The van der Waals surface area contributed by atoms with Crippen LogP contribution in [0.5, 0.6) is 0 Å². The van der Waals surface area contributed by atoms with Gasteiger partial charge in [-0.25, -0.2) is 10.4 Å². The molecule has 0 aliphatic carbocycles. The molecule has 1 atom stereocenters. The first kappa shape index (κ1) is 17.0. The molecule has 1 aliphatic heterocycles. The maximum absolute atomic E-state index is 11.2. The summed E-state index contributed by atoms with van der Waals surface area (Å²) >= 11 is 1.46. The van der Waals surface area contributed by atoms with Crippen LogP contribution in [0.25, 0.3) is 0 Å². The van der Waals surface area contributed by atoms with E-state index in [1.54, 1.807) is 0 Å². The van der Waals surface area contributed by atoms with E-state index in [4.69, 9.17) is 5.73 Å². The third kappa shape index (κ3) is 4.20. The molecule has 20 heavy (non-hydrogen) atoms. The standard InChI is InChI=1S/C13H16N4OS.HI/c1-8-7-11(18)16-17-12(8)9-3-5-10(6-4-9)15-13(14)19-2;/h3-6,8H,7H2,1-2H3,(H2,14,15)(H,16,18);1H. The predicted molar refractivity (Wildman–Crippen MR) is 78.2 cm³/mol. The lowest BCUT2D eigenvalue weighted by atomic mass is 9.94. The molecule has 5 nitrogen and oxygen atoms in total. The van der Waals surface area contributed by atoms with Gasteiger partial charge in [-0.2, -0.15) is 5.10 Å². The summed E-state index contributed by atoms with van der Waals surface area (Å²) in [7, 11) is 0. The van der Waals surface area contributed by atoms with Gasteiger partial charge in [-0.3, -0.25) is 10.5 Å². The summed E-state index contributed by atoms with van der Waals surface area (Å²) in [6, 6.07) is 7.85. The van der Waals surface area contributed by atoms with Crippen molar-refractivity contribution >= 4 is 34.2 Å². The van der Waals surface area contributed by atoms with E-state index in [9.17, 15) is 4.79 Å². The third-order valence-corrected chi connectivity index (χ3v) is 3.47. The van der Waals surface area contributed by atoms with Crippen molar-refractivity contribution in [2.24, 2.45) is 16.8 Å². The Balaban J connectivity index is 0.00000200. The highest BCUT2D eigenvalue weighted by Crippen LogP contribution is 2.17. The van der Waals surface area contributed by atoms with E-state index in [1.165, 1.54) is 11.8 Å². The number of thioether (sulfide) groups is 1. The number of hydrogen-bond donors (Lipinski definition) is 3. The molecular weight excluding hydrogens is 387 g/mol. The Bertz CT molecular complexity index is 542. The van der Waals surface area contributed by atoms with E-state index >= 15 is 0 Å². The summed E-state index contributed by atoms with van der Waals surface area (Å²) in [4.78, 5) is 14.3. The van der Waals surface area contributed by atoms with Crippen molar-refractivity contribution < 1.29 is 33.8 Å². The average molecular weight is 404 g/mol. The van der Waals surface area contributed by atoms with Gasteiger partial charge in [-0.15, -0.1) is 0 Å². The van der Waals surface area contributed by atoms with Crippen molar-refractivity contribution in [3.8, 4) is 0 Å². The van der Waals surface area contributed by atoms with E-state index in [0.717, 1.165) is 17.0 Å². The van der Waals surface area contributed by atoms with E-state index in [-0.39, 0.29) is 35.8 Å². The number of hydrazone groups is 1. The normalized spacial score (nSPS) is 18.9. The number of hydrogen-bond acceptors (Lipinski definition) is 3. The average Bonchev–Trinajstić information content (AvgIpc) is 2.40. The number of amides is 1. The second-order valence-corrected chi connectivity index (χ2v) is 5.26. The van der Waals surface area contributed by atoms with Gasteiger partial charge in [0.25, 0.3) is 0 Å². The molecule has 0 saturated heterocycles. The number of benzene rings is 1. The van der Waals surface area contributed by atoms with E-state index in [2.05, 4.69) is 15.5 Å². The fourth-order valence-electron chi connectivity index (χ4n) is 1.92. The molecule has 0 saturated carbocycles. The number of nitrogens with two attached hydrogens (primary N) is 1. The first-order chi connectivity index (χ1) is 9.10. The summed E-state index contributed by atoms with van der Waals surface area (Å²) in [6.07, 6.45) is 2.39. The van der Waals surface area contributed by atoms with Crippen LogP contribution in [0.4, 0.5) is 5.69 Å². The lowest BCUT2D eigenvalue weighted by molar-refractivity contribution is -0.351. The number of amidine groups is 1. The fraction of sp³-hybridized carbons (Fsp3) is 0.308. The van der Waals surface area contributed by atoms with Crippen LogP contribution in [-0.4, -0.2) is 23.0 Å². The molecule has 1 heterocycles. The van der Waals surface area contributed by atoms with Crippen molar-refractivity contribution in [3.63, 3.8) is 0 Å². The number of nitrogens with one attached hydrogen (secondary N) is 2. The number of carbonyl (C=O) groups is 1. The van der Waals surface area contributed by atoms with E-state index < -0.39 is 0 Å². The van der Waals surface area contributed by atoms with Gasteiger partial charge >= 0.3 is 5.17 Å². The van der Waals surface area contributed by atoms with Crippen LogP contribution < -0.4 is 40.1 Å². The van der Waals surface area contributed by atoms with Gasteiger partial charge in [0.15, 0.2) is 0 Å². The van der Waals surface area contributed by atoms with Gasteiger partial charge in [-0.1, -0.05) is 6.92 Å². The minimum Gasteiger partial charge on any atom is -1.00 e. The van der Waals surface area contributed by atoms with Gasteiger partial charge in [0.2, 0.25) is 5.91 Å². The SMILES string of the molecule is CSC(N)=[NH+]c1ccc(C2=NNC(=O)CC2C)cc1.[I-]. The number of carbonyl (C=O) groups excluding carboxylic acids is 1. The van der Waals surface area contributed by atoms with Crippen molar-refractivity contribution in [1.29, 1.82) is 0 Å². The second kappa shape index (κ2) is 7.63. The van der Waals surface area contributed by atoms with Gasteiger partial charge in [0, 0.05) is 12.3 Å². The Morgan fingerprint density at radius 3 is 2.65 bits per heavy atom. The van der Waals surface area contributed by atoms with Gasteiger partial charge < -0.3 is 24.0 Å². The van der Waals surface area contributed by atoms with Crippen molar-refractivity contribution in [1.82, 2.24) is 5.43 Å². The minimum atomic E-state index is -0.0307. The molecule has 1 unspecified atom stereocenters. The van der Waals surface area contributed by atoms with E-state index in [1.807, 2.05) is 37.4 Å². The molecule has 7 heteroatoms. The summed E-state index contributed by atoms with van der Waals surface area (Å²) in [5.74, 6) is 0.104. The molecule has 0 fully saturated rings. The molecular formula is C13H17IN4OS. The number of nitrogens with zero attached hydrogens (tertiary/aromatic N) is 1. The zero-order chi connectivity index (χ0) is 13.8. The summed E-state index contributed by atoms with van der Waals surface area (Å²) < 4.78 is 0. The van der Waals surface area contributed by atoms with Gasteiger partial charge in [-0.05, 0) is 47.8 Å². The number of rotatable bonds is 2. The van der Waals surface area contributed by atoms with Gasteiger partial charge in [0.05, 0.1) is 5.71 Å². The largest absolute Gasteiger partial charge is 1.00 e. The molecule has 0 bridgehead atoms. The predicted octanol–water partition coefficient (Wildman–Crippen LogP) is -3.06. The molecule has 1 aromatic rings. The molecule has 2 rings (SSSR count). The zero-order valence-electron chi connectivity index (χ0n) is 11.3. The molecule has 1 amide bonds. The molecule has 0 aromatic heterocycles. The lowest BCUT2D eigenvalue weighted by Crippen LogP contribution is -3.00. The topological polar surface area (TPSA) is 81.4 Å². The Kier molecular flexibility index (Phi) is 6.47. The minimum absolute atomic E-state index is 0. The smallest absolute Gasteiger partial charge is 0.306 e. The molecule has 108 valence electrons. The van der Waals surface area contributed by atoms with Crippen LogP contribution >= 0.6 is 11.8 Å². The third-order valence-electron chi connectivity index (χ3n) is 2.93. The maximum atomic E-state index is 11.2.